The summed E-state index contributed by atoms with van der Waals surface area (Å²) in [5.74, 6) is -0.217. The van der Waals surface area contributed by atoms with Crippen LogP contribution in [0.25, 0.3) is 0 Å². The third-order valence-corrected chi connectivity index (χ3v) is 4.90. The zero-order chi connectivity index (χ0) is 20.5. The van der Waals surface area contributed by atoms with E-state index in [9.17, 15) is 14.4 Å². The molecule has 0 saturated heterocycles. The topological polar surface area (TPSA) is 82.1 Å². The summed E-state index contributed by atoms with van der Waals surface area (Å²) in [7, 11) is 0. The minimum Gasteiger partial charge on any atom is -0.486 e. The van der Waals surface area contributed by atoms with Crippen molar-refractivity contribution in [1.82, 2.24) is 4.90 Å². The van der Waals surface area contributed by atoms with Gasteiger partial charge in [0, 0.05) is 5.56 Å². The Labute approximate surface area is 168 Å². The van der Waals surface area contributed by atoms with Crippen molar-refractivity contribution in [2.45, 2.75) is 20.0 Å². The maximum atomic E-state index is 13.0. The van der Waals surface area contributed by atoms with Crippen molar-refractivity contribution < 1.29 is 28.6 Å². The summed E-state index contributed by atoms with van der Waals surface area (Å²) in [5, 5.41) is 0. The van der Waals surface area contributed by atoms with E-state index in [2.05, 4.69) is 0 Å². The number of Topliss-reactive ketones (excluding diaryl/α,β-unsaturated/α-hetero) is 1. The van der Waals surface area contributed by atoms with Crippen LogP contribution in [0, 0.1) is 5.92 Å². The lowest BCUT2D eigenvalue weighted by molar-refractivity contribution is -0.136. The molecule has 7 heteroatoms. The third kappa shape index (κ3) is 3.55. The standard InChI is InChI=1S/C22H21NO6/c1-13(2)20-22(26)23(21(25)15-5-3-4-6-17(15)29-20)12-16(24)14-7-8-18-19(11-14)28-10-9-27-18/h3-8,11,13,20H,9-10,12H2,1-2H3/t20-/m0/s1. The van der Waals surface area contributed by atoms with Gasteiger partial charge in [0.1, 0.15) is 19.0 Å². The summed E-state index contributed by atoms with van der Waals surface area (Å²) < 4.78 is 16.8. The average molecular weight is 395 g/mol. The number of carbonyl (C=O) groups excluding carboxylic acids is 3. The van der Waals surface area contributed by atoms with Crippen LogP contribution in [-0.2, 0) is 4.79 Å². The molecule has 2 aliphatic rings. The van der Waals surface area contributed by atoms with Crippen LogP contribution in [0.2, 0.25) is 0 Å². The number of carbonyl (C=O) groups is 3. The van der Waals surface area contributed by atoms with Crippen LogP contribution in [0.4, 0.5) is 0 Å². The SMILES string of the molecule is CC(C)[C@@H]1Oc2ccccc2C(=O)N(CC(=O)c2ccc3c(c2)OCCO3)C1=O. The van der Waals surface area contributed by atoms with Crippen LogP contribution >= 0.6 is 0 Å². The minimum atomic E-state index is -0.851. The number of nitrogens with zero attached hydrogens (tertiary/aromatic N) is 1. The molecule has 0 aliphatic carbocycles. The van der Waals surface area contributed by atoms with Crippen LogP contribution in [0.1, 0.15) is 34.6 Å². The number of fused-ring (bicyclic) bond motifs is 2. The molecule has 0 radical (unpaired) electrons. The highest BCUT2D eigenvalue weighted by molar-refractivity contribution is 6.12. The lowest BCUT2D eigenvalue weighted by Gasteiger charge is -2.24. The normalized spacial score (nSPS) is 18.2. The number of para-hydroxylation sites is 1. The molecule has 4 rings (SSSR count). The highest BCUT2D eigenvalue weighted by atomic mass is 16.6. The number of hydrogen-bond donors (Lipinski definition) is 0. The van der Waals surface area contributed by atoms with Crippen molar-refractivity contribution in [1.29, 1.82) is 0 Å². The molecule has 2 aromatic rings. The summed E-state index contributed by atoms with van der Waals surface area (Å²) in [6.45, 7) is 4.15. The number of ketones is 1. The predicted molar refractivity (Wildman–Crippen MR) is 104 cm³/mol. The van der Waals surface area contributed by atoms with Gasteiger partial charge >= 0.3 is 0 Å². The summed E-state index contributed by atoms with van der Waals surface area (Å²) in [6.07, 6.45) is -0.851. The largest absolute Gasteiger partial charge is 0.486 e. The minimum absolute atomic E-state index is 0.173. The summed E-state index contributed by atoms with van der Waals surface area (Å²) in [4.78, 5) is 40.0. The molecule has 0 aromatic heterocycles. The first kappa shape index (κ1) is 19.0. The number of hydrogen-bond acceptors (Lipinski definition) is 6. The maximum absolute atomic E-state index is 13.0. The van der Waals surface area contributed by atoms with Crippen molar-refractivity contribution >= 4 is 17.6 Å². The second-order valence-corrected chi connectivity index (χ2v) is 7.29. The molecule has 0 N–H and O–H groups in total. The van der Waals surface area contributed by atoms with Gasteiger partial charge in [-0.15, -0.1) is 0 Å². The average Bonchev–Trinajstić information content (AvgIpc) is 2.83. The fraction of sp³-hybridized carbons (Fsp3) is 0.318. The van der Waals surface area contributed by atoms with Gasteiger partial charge in [-0.3, -0.25) is 19.3 Å². The van der Waals surface area contributed by atoms with E-state index < -0.39 is 17.9 Å². The fourth-order valence-corrected chi connectivity index (χ4v) is 3.36. The van der Waals surface area contributed by atoms with Gasteiger partial charge < -0.3 is 14.2 Å². The van der Waals surface area contributed by atoms with Crippen LogP contribution in [0.3, 0.4) is 0 Å². The van der Waals surface area contributed by atoms with E-state index >= 15 is 0 Å². The van der Waals surface area contributed by atoms with E-state index in [0.717, 1.165) is 4.90 Å². The van der Waals surface area contributed by atoms with Crippen LogP contribution in [-0.4, -0.2) is 48.4 Å². The number of ether oxygens (including phenoxy) is 3. The quantitative estimate of drug-likeness (QED) is 0.585. The van der Waals surface area contributed by atoms with E-state index in [1.165, 1.54) is 0 Å². The van der Waals surface area contributed by atoms with E-state index in [1.54, 1.807) is 42.5 Å². The highest BCUT2D eigenvalue weighted by Crippen LogP contribution is 2.32. The predicted octanol–water partition coefficient (Wildman–Crippen LogP) is 2.73. The molecule has 2 aromatic carbocycles. The van der Waals surface area contributed by atoms with Gasteiger partial charge in [-0.1, -0.05) is 26.0 Å². The molecule has 2 heterocycles. The maximum Gasteiger partial charge on any atom is 0.271 e. The van der Waals surface area contributed by atoms with Crippen LogP contribution in [0.15, 0.2) is 42.5 Å². The Morgan fingerprint density at radius 1 is 1.03 bits per heavy atom. The van der Waals surface area contributed by atoms with Gasteiger partial charge in [-0.2, -0.15) is 0 Å². The van der Waals surface area contributed by atoms with Gasteiger partial charge in [0.2, 0.25) is 0 Å². The van der Waals surface area contributed by atoms with Crippen molar-refractivity contribution in [2.75, 3.05) is 19.8 Å². The number of imide groups is 1. The first-order valence-corrected chi connectivity index (χ1v) is 9.50. The van der Waals surface area contributed by atoms with Crippen LogP contribution < -0.4 is 14.2 Å². The number of rotatable bonds is 4. The van der Waals surface area contributed by atoms with Gasteiger partial charge in [0.25, 0.3) is 11.8 Å². The first-order valence-electron chi connectivity index (χ1n) is 9.50. The molecule has 7 nitrogen and oxygen atoms in total. The van der Waals surface area contributed by atoms with Gasteiger partial charge in [-0.25, -0.2) is 0 Å². The fourth-order valence-electron chi connectivity index (χ4n) is 3.36. The van der Waals surface area contributed by atoms with E-state index in [0.29, 0.717) is 36.0 Å². The smallest absolute Gasteiger partial charge is 0.271 e. The van der Waals surface area contributed by atoms with E-state index in [-0.39, 0.29) is 23.8 Å². The van der Waals surface area contributed by atoms with Crippen molar-refractivity contribution in [3.8, 4) is 17.2 Å². The zero-order valence-corrected chi connectivity index (χ0v) is 16.2. The molecule has 0 spiro atoms. The molecule has 0 saturated carbocycles. The molecule has 0 bridgehead atoms. The second kappa shape index (κ2) is 7.58. The molecule has 0 unspecified atom stereocenters. The molecule has 2 aliphatic heterocycles. The van der Waals surface area contributed by atoms with Gasteiger partial charge in [0.05, 0.1) is 12.1 Å². The number of benzene rings is 2. The van der Waals surface area contributed by atoms with E-state index in [1.807, 2.05) is 13.8 Å². The van der Waals surface area contributed by atoms with Crippen molar-refractivity contribution in [3.05, 3.63) is 53.6 Å². The molecular weight excluding hydrogens is 374 g/mol. The van der Waals surface area contributed by atoms with Crippen molar-refractivity contribution in [3.63, 3.8) is 0 Å². The zero-order valence-electron chi connectivity index (χ0n) is 16.2. The lowest BCUT2D eigenvalue weighted by Crippen LogP contribution is -2.47. The first-order chi connectivity index (χ1) is 14.0. The summed E-state index contributed by atoms with van der Waals surface area (Å²) >= 11 is 0. The monoisotopic (exact) mass is 395 g/mol. The molecule has 0 fully saturated rings. The van der Waals surface area contributed by atoms with Crippen LogP contribution in [0.5, 0.6) is 17.2 Å². The Hall–Kier alpha value is -3.35. The molecule has 29 heavy (non-hydrogen) atoms. The molecule has 2 amide bonds. The third-order valence-electron chi connectivity index (χ3n) is 4.90. The summed E-state index contributed by atoms with van der Waals surface area (Å²) in [5.41, 5.74) is 0.605. The highest BCUT2D eigenvalue weighted by Gasteiger charge is 2.39. The molecule has 150 valence electrons. The summed E-state index contributed by atoms with van der Waals surface area (Å²) in [6, 6.07) is 11.5. The Morgan fingerprint density at radius 3 is 2.52 bits per heavy atom. The van der Waals surface area contributed by atoms with Gasteiger partial charge in [0.15, 0.2) is 23.4 Å². The van der Waals surface area contributed by atoms with E-state index in [4.69, 9.17) is 14.2 Å². The lowest BCUT2D eigenvalue weighted by atomic mass is 10.0. The Bertz CT molecular complexity index is 983. The molecular formula is C22H21NO6. The van der Waals surface area contributed by atoms with Crippen molar-refractivity contribution in [2.24, 2.45) is 5.92 Å². The Kier molecular flexibility index (Phi) is 4.96. The second-order valence-electron chi connectivity index (χ2n) is 7.29. The Morgan fingerprint density at radius 2 is 1.76 bits per heavy atom. The number of amides is 2. The Balaban J connectivity index is 1.64. The van der Waals surface area contributed by atoms with Gasteiger partial charge in [-0.05, 0) is 36.2 Å². The molecule has 1 atom stereocenters.